The molecular formula is C14H17N3O3. The summed E-state index contributed by atoms with van der Waals surface area (Å²) in [6.45, 7) is 0.564. The maximum absolute atomic E-state index is 11.9. The first kappa shape index (κ1) is 14.2. The Morgan fingerprint density at radius 2 is 2.05 bits per heavy atom. The number of benzene rings is 1. The van der Waals surface area contributed by atoms with Gasteiger partial charge < -0.3 is 0 Å². The summed E-state index contributed by atoms with van der Waals surface area (Å²) in [6.07, 6.45) is 0.958. The minimum Gasteiger partial charge on any atom is -0.277 e. The van der Waals surface area contributed by atoms with Crippen LogP contribution in [0.3, 0.4) is 0 Å². The van der Waals surface area contributed by atoms with E-state index in [1.807, 2.05) is 30.3 Å². The summed E-state index contributed by atoms with van der Waals surface area (Å²) in [5.41, 5.74) is 4.11. The monoisotopic (exact) mass is 275 g/mol. The van der Waals surface area contributed by atoms with Crippen molar-refractivity contribution in [1.82, 2.24) is 10.5 Å². The van der Waals surface area contributed by atoms with Gasteiger partial charge in [-0.05, 0) is 5.56 Å². The van der Waals surface area contributed by atoms with Gasteiger partial charge in [0.2, 0.25) is 11.8 Å². The largest absolute Gasteiger partial charge is 0.277 e. The molecule has 0 atom stereocenters. The Balaban J connectivity index is 1.90. The Kier molecular flexibility index (Phi) is 4.84. The van der Waals surface area contributed by atoms with Gasteiger partial charge in [0.25, 0.3) is 0 Å². The molecular weight excluding hydrogens is 258 g/mol. The van der Waals surface area contributed by atoms with Crippen LogP contribution in [0, 0.1) is 0 Å². The molecule has 0 bridgehead atoms. The third-order valence-electron chi connectivity index (χ3n) is 2.98. The molecule has 1 aliphatic heterocycles. The molecule has 20 heavy (non-hydrogen) atoms. The van der Waals surface area contributed by atoms with E-state index < -0.39 is 0 Å². The van der Waals surface area contributed by atoms with Crippen molar-refractivity contribution in [2.45, 2.75) is 19.3 Å². The van der Waals surface area contributed by atoms with E-state index in [-0.39, 0.29) is 24.7 Å². The lowest BCUT2D eigenvalue weighted by Crippen LogP contribution is -2.27. The predicted octanol–water partition coefficient (Wildman–Crippen LogP) is 1.08. The Hall–Kier alpha value is -2.21. The summed E-state index contributed by atoms with van der Waals surface area (Å²) < 4.78 is 0. The number of rotatable bonds is 5. The molecule has 6 heteroatoms. The van der Waals surface area contributed by atoms with Crippen LogP contribution in [0.15, 0.2) is 35.4 Å². The van der Waals surface area contributed by atoms with Gasteiger partial charge in [-0.2, -0.15) is 5.10 Å². The van der Waals surface area contributed by atoms with Crippen molar-refractivity contribution in [2.24, 2.45) is 5.10 Å². The zero-order valence-electron chi connectivity index (χ0n) is 11.3. The van der Waals surface area contributed by atoms with E-state index in [2.05, 4.69) is 15.4 Å². The zero-order valence-corrected chi connectivity index (χ0v) is 11.3. The first-order valence-electron chi connectivity index (χ1n) is 6.46. The molecule has 1 heterocycles. The first-order valence-corrected chi connectivity index (χ1v) is 6.46. The van der Waals surface area contributed by atoms with Crippen LogP contribution in [-0.2, 0) is 14.4 Å². The van der Waals surface area contributed by atoms with Gasteiger partial charge in [0, 0.05) is 19.3 Å². The molecule has 2 amide bonds. The molecule has 0 unspecified atom stereocenters. The number of hydrazone groups is 1. The van der Waals surface area contributed by atoms with Gasteiger partial charge in [-0.3, -0.25) is 14.4 Å². The molecule has 0 spiro atoms. The minimum atomic E-state index is -0.313. The van der Waals surface area contributed by atoms with Crippen molar-refractivity contribution in [1.29, 1.82) is 0 Å². The zero-order chi connectivity index (χ0) is 14.4. The normalized spacial score (nSPS) is 14.1. The summed E-state index contributed by atoms with van der Waals surface area (Å²) in [5, 5.41) is 5.75. The van der Waals surface area contributed by atoms with Crippen LogP contribution in [0.5, 0.6) is 0 Å². The van der Waals surface area contributed by atoms with Crippen molar-refractivity contribution in [3.8, 4) is 0 Å². The SMILES string of the molecule is CONC(=O)CCC(=O)N1CCC(c2ccccc2)=N1. The number of hydrogen-bond donors (Lipinski definition) is 1. The van der Waals surface area contributed by atoms with Gasteiger partial charge in [0.05, 0.1) is 19.4 Å². The van der Waals surface area contributed by atoms with E-state index in [0.29, 0.717) is 6.54 Å². The molecule has 0 aromatic heterocycles. The molecule has 0 radical (unpaired) electrons. The number of nitrogens with one attached hydrogen (secondary N) is 1. The number of nitrogens with zero attached hydrogens (tertiary/aromatic N) is 2. The lowest BCUT2D eigenvalue weighted by Gasteiger charge is -2.10. The van der Waals surface area contributed by atoms with E-state index in [4.69, 9.17) is 0 Å². The van der Waals surface area contributed by atoms with Crippen LogP contribution in [0.4, 0.5) is 0 Å². The Morgan fingerprint density at radius 3 is 2.75 bits per heavy atom. The van der Waals surface area contributed by atoms with Crippen molar-refractivity contribution in [3.05, 3.63) is 35.9 Å². The Morgan fingerprint density at radius 1 is 1.30 bits per heavy atom. The summed E-state index contributed by atoms with van der Waals surface area (Å²) in [4.78, 5) is 27.6. The fraction of sp³-hybridized carbons (Fsp3) is 0.357. The molecule has 1 aromatic carbocycles. The fourth-order valence-corrected chi connectivity index (χ4v) is 1.98. The van der Waals surface area contributed by atoms with Gasteiger partial charge in [-0.1, -0.05) is 30.3 Å². The average molecular weight is 275 g/mol. The van der Waals surface area contributed by atoms with E-state index in [0.717, 1.165) is 17.7 Å². The molecule has 2 rings (SSSR count). The van der Waals surface area contributed by atoms with Crippen molar-refractivity contribution in [3.63, 3.8) is 0 Å². The lowest BCUT2D eigenvalue weighted by molar-refractivity contribution is -0.136. The van der Waals surface area contributed by atoms with Gasteiger partial charge in [0.15, 0.2) is 0 Å². The lowest BCUT2D eigenvalue weighted by atomic mass is 10.1. The van der Waals surface area contributed by atoms with Crippen molar-refractivity contribution < 1.29 is 14.4 Å². The predicted molar refractivity (Wildman–Crippen MR) is 73.7 cm³/mol. The summed E-state index contributed by atoms with van der Waals surface area (Å²) in [7, 11) is 1.36. The maximum Gasteiger partial charge on any atom is 0.244 e. The number of amides is 2. The molecule has 0 fully saturated rings. The smallest absolute Gasteiger partial charge is 0.244 e. The summed E-state index contributed by atoms with van der Waals surface area (Å²) in [5.74, 6) is -0.463. The average Bonchev–Trinajstić information content (AvgIpc) is 2.96. The Labute approximate surface area is 117 Å². The highest BCUT2D eigenvalue weighted by molar-refractivity contribution is 6.02. The first-order chi connectivity index (χ1) is 9.70. The molecule has 1 N–H and O–H groups in total. The third kappa shape index (κ3) is 3.64. The minimum absolute atomic E-state index is 0.0966. The van der Waals surface area contributed by atoms with Crippen molar-refractivity contribution >= 4 is 17.5 Å². The molecule has 1 aliphatic rings. The second kappa shape index (κ2) is 6.81. The van der Waals surface area contributed by atoms with E-state index in [1.165, 1.54) is 12.1 Å². The molecule has 0 saturated heterocycles. The molecule has 0 aliphatic carbocycles. The third-order valence-corrected chi connectivity index (χ3v) is 2.98. The van der Waals surface area contributed by atoms with Crippen LogP contribution in [0.2, 0.25) is 0 Å². The number of hydroxylamine groups is 1. The summed E-state index contributed by atoms with van der Waals surface area (Å²) in [6, 6.07) is 9.77. The fourth-order valence-electron chi connectivity index (χ4n) is 1.98. The highest BCUT2D eigenvalue weighted by Crippen LogP contribution is 2.14. The van der Waals surface area contributed by atoms with Crippen LogP contribution < -0.4 is 5.48 Å². The molecule has 1 aromatic rings. The molecule has 0 saturated carbocycles. The van der Waals surface area contributed by atoms with E-state index >= 15 is 0 Å². The van der Waals surface area contributed by atoms with Gasteiger partial charge in [-0.15, -0.1) is 0 Å². The standard InChI is InChI=1S/C14H17N3O3/c1-20-16-13(18)7-8-14(19)17-10-9-12(15-17)11-5-3-2-4-6-11/h2-6H,7-10H2,1H3,(H,16,18). The number of hydrogen-bond acceptors (Lipinski definition) is 4. The van der Waals surface area contributed by atoms with Crippen molar-refractivity contribution in [2.75, 3.05) is 13.7 Å². The van der Waals surface area contributed by atoms with Crippen LogP contribution in [0.25, 0.3) is 0 Å². The van der Waals surface area contributed by atoms with Crippen LogP contribution in [-0.4, -0.2) is 36.2 Å². The quantitative estimate of drug-likeness (QED) is 0.817. The maximum atomic E-state index is 11.9. The molecule has 106 valence electrons. The van der Waals surface area contributed by atoms with Gasteiger partial charge >= 0.3 is 0 Å². The van der Waals surface area contributed by atoms with Gasteiger partial charge in [0.1, 0.15) is 0 Å². The second-order valence-corrected chi connectivity index (χ2v) is 4.41. The van der Waals surface area contributed by atoms with Crippen LogP contribution >= 0.6 is 0 Å². The number of carbonyl (C=O) groups is 2. The highest BCUT2D eigenvalue weighted by Gasteiger charge is 2.21. The molecule has 6 nitrogen and oxygen atoms in total. The second-order valence-electron chi connectivity index (χ2n) is 4.41. The number of carbonyl (C=O) groups excluding carboxylic acids is 2. The Bertz CT molecular complexity index is 514. The van der Waals surface area contributed by atoms with Crippen LogP contribution in [0.1, 0.15) is 24.8 Å². The topological polar surface area (TPSA) is 71.0 Å². The summed E-state index contributed by atoms with van der Waals surface area (Å²) >= 11 is 0. The highest BCUT2D eigenvalue weighted by atomic mass is 16.6. The van der Waals surface area contributed by atoms with Gasteiger partial charge in [-0.25, -0.2) is 10.5 Å². The van der Waals surface area contributed by atoms with E-state index in [9.17, 15) is 9.59 Å². The van der Waals surface area contributed by atoms with E-state index in [1.54, 1.807) is 0 Å².